The van der Waals surface area contributed by atoms with Crippen molar-refractivity contribution in [2.75, 3.05) is 6.61 Å². The minimum absolute atomic E-state index is 0.253. The highest BCUT2D eigenvalue weighted by Gasteiger charge is 2.33. The fourth-order valence-corrected chi connectivity index (χ4v) is 3.41. The zero-order valence-corrected chi connectivity index (χ0v) is 17.6. The van der Waals surface area contributed by atoms with Crippen molar-refractivity contribution in [3.63, 3.8) is 0 Å². The van der Waals surface area contributed by atoms with Crippen LogP contribution in [0.15, 0.2) is 63.9 Å². The molecule has 0 saturated carbocycles. The first kappa shape index (κ1) is 21.2. The fraction of sp³-hybridized carbons (Fsp3) is 0.304. The van der Waals surface area contributed by atoms with Gasteiger partial charge < -0.3 is 14.8 Å². The summed E-state index contributed by atoms with van der Waals surface area (Å²) in [4.78, 5) is 33.5. The number of aliphatic imine (C=N–C) groups is 2. The number of hydrogen-bond donors (Lipinski definition) is 1. The van der Waals surface area contributed by atoms with Crippen molar-refractivity contribution in [1.29, 1.82) is 0 Å². The molecule has 1 atom stereocenters. The number of ether oxygens (including phenoxy) is 2. The van der Waals surface area contributed by atoms with Gasteiger partial charge in [-0.1, -0.05) is 18.7 Å². The maximum atomic E-state index is 12.8. The molecule has 0 amide bonds. The highest BCUT2D eigenvalue weighted by atomic mass is 16.5. The number of carbonyl (C=O) groups excluding carboxylic acids is 2. The van der Waals surface area contributed by atoms with Crippen LogP contribution in [0.5, 0.6) is 5.75 Å². The van der Waals surface area contributed by atoms with E-state index in [2.05, 4.69) is 16.9 Å². The molecule has 2 aliphatic rings. The Bertz CT molecular complexity index is 1030. The van der Waals surface area contributed by atoms with E-state index in [4.69, 9.17) is 14.5 Å². The van der Waals surface area contributed by atoms with Gasteiger partial charge in [0.15, 0.2) is 0 Å². The Labute approximate surface area is 175 Å². The molecule has 7 heteroatoms. The SMILES string of the molecule is C=C1C=CN=C(C2=NC(c3cccc(OC(C)=O)c3C)C(C(=O)OCC)=C(C)N2)C1. The normalized spacial score (nSPS) is 18.4. The van der Waals surface area contributed by atoms with E-state index in [-0.39, 0.29) is 6.61 Å². The Balaban J connectivity index is 2.12. The van der Waals surface area contributed by atoms with Crippen LogP contribution in [0.2, 0.25) is 0 Å². The zero-order chi connectivity index (χ0) is 21.8. The first-order valence-corrected chi connectivity index (χ1v) is 9.73. The third-order valence-electron chi connectivity index (χ3n) is 4.82. The van der Waals surface area contributed by atoms with E-state index in [1.54, 1.807) is 25.3 Å². The summed E-state index contributed by atoms with van der Waals surface area (Å²) in [5.74, 6) is 0.155. The number of benzene rings is 1. The van der Waals surface area contributed by atoms with Crippen LogP contribution in [0.4, 0.5) is 0 Å². The van der Waals surface area contributed by atoms with Gasteiger partial charge in [0.2, 0.25) is 0 Å². The largest absolute Gasteiger partial charge is 0.463 e. The van der Waals surface area contributed by atoms with Crippen LogP contribution < -0.4 is 10.1 Å². The standard InChI is InChI=1S/C23H25N3O4/c1-6-29-23(28)20-15(4)25-22(18-12-13(2)10-11-24-18)26-21(20)17-8-7-9-19(14(17)3)30-16(5)27/h7-11,21H,2,6,12H2,1,3-5H3,(H,25,26). The quantitative estimate of drug-likeness (QED) is 0.594. The highest BCUT2D eigenvalue weighted by Crippen LogP contribution is 2.36. The molecule has 1 N–H and O–H groups in total. The van der Waals surface area contributed by atoms with Crippen LogP contribution in [0, 0.1) is 6.92 Å². The maximum absolute atomic E-state index is 12.8. The molecule has 2 heterocycles. The first-order chi connectivity index (χ1) is 14.3. The van der Waals surface area contributed by atoms with Gasteiger partial charge in [0, 0.05) is 25.2 Å². The molecule has 3 rings (SSSR count). The van der Waals surface area contributed by atoms with Crippen molar-refractivity contribution in [1.82, 2.24) is 5.32 Å². The summed E-state index contributed by atoms with van der Waals surface area (Å²) < 4.78 is 10.6. The monoisotopic (exact) mass is 407 g/mol. The minimum Gasteiger partial charge on any atom is -0.463 e. The number of carbonyl (C=O) groups is 2. The summed E-state index contributed by atoms with van der Waals surface area (Å²) in [6.45, 7) is 11.0. The van der Waals surface area contributed by atoms with Crippen molar-refractivity contribution < 1.29 is 19.1 Å². The molecule has 30 heavy (non-hydrogen) atoms. The predicted molar refractivity (Wildman–Crippen MR) is 115 cm³/mol. The second-order valence-corrected chi connectivity index (χ2v) is 7.05. The van der Waals surface area contributed by atoms with Crippen molar-refractivity contribution in [3.8, 4) is 5.75 Å². The number of allylic oxidation sites excluding steroid dienone is 3. The molecule has 0 spiro atoms. The van der Waals surface area contributed by atoms with Crippen LogP contribution in [0.25, 0.3) is 0 Å². The fourth-order valence-electron chi connectivity index (χ4n) is 3.41. The van der Waals surface area contributed by atoms with Gasteiger partial charge in [-0.05, 0) is 49.6 Å². The van der Waals surface area contributed by atoms with Gasteiger partial charge in [-0.15, -0.1) is 0 Å². The van der Waals surface area contributed by atoms with Crippen molar-refractivity contribution >= 4 is 23.5 Å². The summed E-state index contributed by atoms with van der Waals surface area (Å²) in [6, 6.07) is 4.73. The molecule has 0 radical (unpaired) electrons. The van der Waals surface area contributed by atoms with Crippen molar-refractivity contribution in [3.05, 3.63) is 65.0 Å². The zero-order valence-electron chi connectivity index (χ0n) is 17.6. The summed E-state index contributed by atoms with van der Waals surface area (Å²) in [5.41, 5.74) is 4.20. The number of esters is 2. The lowest BCUT2D eigenvalue weighted by Crippen LogP contribution is -2.37. The van der Waals surface area contributed by atoms with Crippen LogP contribution in [0.1, 0.15) is 44.4 Å². The summed E-state index contributed by atoms with van der Waals surface area (Å²) >= 11 is 0. The molecular weight excluding hydrogens is 382 g/mol. The van der Waals surface area contributed by atoms with E-state index in [1.807, 2.05) is 26.0 Å². The molecule has 1 aromatic rings. The number of nitrogens with zero attached hydrogens (tertiary/aromatic N) is 2. The average Bonchev–Trinajstić information content (AvgIpc) is 2.69. The van der Waals surface area contributed by atoms with Gasteiger partial charge in [0.05, 0.1) is 17.9 Å². The van der Waals surface area contributed by atoms with Gasteiger partial charge in [-0.3, -0.25) is 14.8 Å². The van der Waals surface area contributed by atoms with Gasteiger partial charge in [-0.2, -0.15) is 0 Å². The summed E-state index contributed by atoms with van der Waals surface area (Å²) in [6.07, 6.45) is 4.10. The minimum atomic E-state index is -0.627. The van der Waals surface area contributed by atoms with E-state index in [9.17, 15) is 9.59 Å². The second kappa shape index (κ2) is 8.90. The Kier molecular flexibility index (Phi) is 6.30. The van der Waals surface area contributed by atoms with Crippen LogP contribution in [-0.4, -0.2) is 30.1 Å². The summed E-state index contributed by atoms with van der Waals surface area (Å²) in [7, 11) is 0. The second-order valence-electron chi connectivity index (χ2n) is 7.05. The van der Waals surface area contributed by atoms with E-state index in [1.165, 1.54) is 6.92 Å². The molecule has 2 aliphatic heterocycles. The predicted octanol–water partition coefficient (Wildman–Crippen LogP) is 3.71. The molecule has 0 aliphatic carbocycles. The van der Waals surface area contributed by atoms with Gasteiger partial charge >= 0.3 is 11.9 Å². The maximum Gasteiger partial charge on any atom is 0.338 e. The number of amidine groups is 1. The molecule has 1 unspecified atom stereocenters. The molecule has 7 nitrogen and oxygen atoms in total. The lowest BCUT2D eigenvalue weighted by atomic mass is 9.92. The lowest BCUT2D eigenvalue weighted by molar-refractivity contribution is -0.139. The number of hydrogen-bond acceptors (Lipinski definition) is 7. The molecular formula is C23H25N3O4. The molecule has 0 bridgehead atoms. The van der Waals surface area contributed by atoms with Crippen molar-refractivity contribution in [2.24, 2.45) is 9.98 Å². The lowest BCUT2D eigenvalue weighted by Gasteiger charge is -2.28. The van der Waals surface area contributed by atoms with E-state index in [0.29, 0.717) is 29.3 Å². The van der Waals surface area contributed by atoms with Crippen molar-refractivity contribution in [2.45, 2.75) is 40.2 Å². The molecule has 1 aromatic carbocycles. The Hall–Kier alpha value is -3.48. The van der Waals surface area contributed by atoms with Crippen LogP contribution in [-0.2, 0) is 14.3 Å². The molecule has 156 valence electrons. The van der Waals surface area contributed by atoms with E-state index >= 15 is 0 Å². The van der Waals surface area contributed by atoms with E-state index < -0.39 is 18.0 Å². The molecule has 0 fully saturated rings. The topological polar surface area (TPSA) is 89.4 Å². The van der Waals surface area contributed by atoms with Gasteiger partial charge in [0.1, 0.15) is 17.6 Å². The molecule has 0 saturated heterocycles. The van der Waals surface area contributed by atoms with E-state index in [0.717, 1.165) is 22.4 Å². The first-order valence-electron chi connectivity index (χ1n) is 9.73. The number of nitrogens with one attached hydrogen (secondary N) is 1. The summed E-state index contributed by atoms with van der Waals surface area (Å²) in [5, 5.41) is 3.20. The van der Waals surface area contributed by atoms with Crippen LogP contribution >= 0.6 is 0 Å². The average molecular weight is 407 g/mol. The van der Waals surface area contributed by atoms with Crippen LogP contribution in [0.3, 0.4) is 0 Å². The smallest absolute Gasteiger partial charge is 0.338 e. The highest BCUT2D eigenvalue weighted by molar-refractivity contribution is 6.43. The Morgan fingerprint density at radius 2 is 2.07 bits per heavy atom. The number of rotatable bonds is 5. The third kappa shape index (κ3) is 4.40. The van der Waals surface area contributed by atoms with Gasteiger partial charge in [0.25, 0.3) is 0 Å². The third-order valence-corrected chi connectivity index (χ3v) is 4.82. The van der Waals surface area contributed by atoms with Gasteiger partial charge in [-0.25, -0.2) is 4.79 Å². The Morgan fingerprint density at radius 3 is 2.73 bits per heavy atom. The Morgan fingerprint density at radius 1 is 1.30 bits per heavy atom. The molecule has 0 aromatic heterocycles.